The highest BCUT2D eigenvalue weighted by Crippen LogP contribution is 2.39. The Hall–Kier alpha value is -6.39. The topological polar surface area (TPSA) is 104 Å². The maximum atomic E-state index is 13.7. The molecular formula is C36H20F3N7. The number of nitriles is 2. The van der Waals surface area contributed by atoms with E-state index in [-0.39, 0.29) is 0 Å². The monoisotopic (exact) mass is 607 g/mol. The highest BCUT2D eigenvalue weighted by molar-refractivity contribution is 6.10. The maximum Gasteiger partial charge on any atom is 0.416 e. The molecule has 0 atom stereocenters. The molecule has 4 aromatic carbocycles. The lowest BCUT2D eigenvalue weighted by Gasteiger charge is -2.15. The fraction of sp³-hybridized carbons (Fsp3) is 0.0556. The van der Waals surface area contributed by atoms with Crippen LogP contribution in [-0.2, 0) is 6.18 Å². The molecule has 7 rings (SSSR count). The third-order valence-corrected chi connectivity index (χ3v) is 7.71. The number of rotatable bonds is 4. The number of alkyl halides is 3. The number of benzene rings is 4. The highest BCUT2D eigenvalue weighted by Gasteiger charge is 2.31. The van der Waals surface area contributed by atoms with Gasteiger partial charge in [-0.15, -0.1) is 0 Å². The van der Waals surface area contributed by atoms with Crippen molar-refractivity contribution >= 4 is 21.8 Å². The van der Waals surface area contributed by atoms with E-state index in [1.54, 1.807) is 13.0 Å². The second-order valence-electron chi connectivity index (χ2n) is 10.7. The Balaban J connectivity index is 1.50. The number of hydrogen-bond donors (Lipinski definition) is 0. The van der Waals surface area contributed by atoms with Crippen LogP contribution in [-0.4, -0.2) is 24.5 Å². The molecule has 7 aromatic rings. The van der Waals surface area contributed by atoms with Crippen LogP contribution in [0.5, 0.6) is 0 Å². The zero-order valence-electron chi connectivity index (χ0n) is 24.1. The van der Waals surface area contributed by atoms with Gasteiger partial charge < -0.3 is 4.57 Å². The molecule has 3 aromatic heterocycles. The zero-order chi connectivity index (χ0) is 32.0. The standard InChI is InChI=1S/C36H20F3N7/c1-21-10-26(12-27(11-21)36(37,38)39)24-6-8-29-28-4-2-3-5-31(28)46(33(29)14-24)32-9-7-25(34-42-17-22(15-40)18-43-34)13-30(32)35-44-19-23(16-41)20-45-35/h2-14,17-20H,1H3. The van der Waals surface area contributed by atoms with Crippen molar-refractivity contribution in [3.63, 3.8) is 0 Å². The minimum absolute atomic E-state index is 0.301. The van der Waals surface area contributed by atoms with Gasteiger partial charge in [0.1, 0.15) is 12.1 Å². The molecule has 0 amide bonds. The van der Waals surface area contributed by atoms with E-state index in [0.717, 1.165) is 27.9 Å². The van der Waals surface area contributed by atoms with Gasteiger partial charge in [0, 0.05) is 46.7 Å². The van der Waals surface area contributed by atoms with Crippen molar-refractivity contribution in [1.29, 1.82) is 10.5 Å². The third kappa shape index (κ3) is 4.98. The molecule has 46 heavy (non-hydrogen) atoms. The van der Waals surface area contributed by atoms with Gasteiger partial charge in [-0.3, -0.25) is 0 Å². The lowest BCUT2D eigenvalue weighted by atomic mass is 9.98. The fourth-order valence-electron chi connectivity index (χ4n) is 5.63. The molecule has 0 bridgehead atoms. The molecule has 3 heterocycles. The minimum Gasteiger partial charge on any atom is -0.308 e. The number of halogens is 3. The van der Waals surface area contributed by atoms with Crippen molar-refractivity contribution in [2.75, 3.05) is 0 Å². The summed E-state index contributed by atoms with van der Waals surface area (Å²) in [4.78, 5) is 17.7. The molecule has 10 heteroatoms. The van der Waals surface area contributed by atoms with Gasteiger partial charge in [-0.1, -0.05) is 36.4 Å². The van der Waals surface area contributed by atoms with Gasteiger partial charge in [0.25, 0.3) is 0 Å². The van der Waals surface area contributed by atoms with Gasteiger partial charge >= 0.3 is 6.18 Å². The van der Waals surface area contributed by atoms with Gasteiger partial charge in [0.15, 0.2) is 11.6 Å². The maximum absolute atomic E-state index is 13.7. The fourth-order valence-corrected chi connectivity index (χ4v) is 5.63. The second-order valence-corrected chi connectivity index (χ2v) is 10.7. The van der Waals surface area contributed by atoms with Crippen molar-refractivity contribution < 1.29 is 13.2 Å². The molecule has 0 radical (unpaired) electrons. The third-order valence-electron chi connectivity index (χ3n) is 7.71. The van der Waals surface area contributed by atoms with Crippen LogP contribution in [0.2, 0.25) is 0 Å². The Bertz CT molecular complexity index is 2380. The van der Waals surface area contributed by atoms with Crippen molar-refractivity contribution in [2.45, 2.75) is 13.1 Å². The van der Waals surface area contributed by atoms with E-state index in [9.17, 15) is 23.7 Å². The Morgan fingerprint density at radius 3 is 1.93 bits per heavy atom. The Labute approximate surface area is 260 Å². The first-order chi connectivity index (χ1) is 22.2. The molecule has 220 valence electrons. The van der Waals surface area contributed by atoms with Crippen LogP contribution in [0.4, 0.5) is 13.2 Å². The Kier molecular flexibility index (Phi) is 6.76. The quantitative estimate of drug-likeness (QED) is 0.199. The summed E-state index contributed by atoms with van der Waals surface area (Å²) in [6.07, 6.45) is 1.29. The minimum atomic E-state index is -4.48. The molecule has 0 fully saturated rings. The summed E-state index contributed by atoms with van der Waals surface area (Å²) in [7, 11) is 0. The number of aromatic nitrogens is 5. The van der Waals surface area contributed by atoms with Crippen LogP contribution < -0.4 is 0 Å². The predicted octanol–water partition coefficient (Wildman–Crippen LogP) is 8.44. The van der Waals surface area contributed by atoms with Crippen molar-refractivity contribution in [1.82, 2.24) is 24.5 Å². The van der Waals surface area contributed by atoms with Crippen LogP contribution >= 0.6 is 0 Å². The van der Waals surface area contributed by atoms with E-state index in [2.05, 4.69) is 19.9 Å². The van der Waals surface area contributed by atoms with Gasteiger partial charge in [0.2, 0.25) is 0 Å². The van der Waals surface area contributed by atoms with Crippen molar-refractivity contribution in [2.24, 2.45) is 0 Å². The smallest absolute Gasteiger partial charge is 0.308 e. The molecule has 0 saturated heterocycles. The molecule has 7 nitrogen and oxygen atoms in total. The summed E-state index contributed by atoms with van der Waals surface area (Å²) in [5.74, 6) is 0.741. The summed E-state index contributed by atoms with van der Waals surface area (Å²) in [6.45, 7) is 1.65. The number of para-hydroxylation sites is 1. The molecule has 0 aliphatic rings. The molecular weight excluding hydrogens is 587 g/mol. The van der Waals surface area contributed by atoms with Crippen LogP contribution in [0.25, 0.3) is 61.4 Å². The lowest BCUT2D eigenvalue weighted by molar-refractivity contribution is -0.137. The molecule has 0 aliphatic carbocycles. The first kappa shape index (κ1) is 28.4. The van der Waals surface area contributed by atoms with E-state index in [4.69, 9.17) is 0 Å². The van der Waals surface area contributed by atoms with Crippen molar-refractivity contribution in [3.05, 3.63) is 126 Å². The largest absolute Gasteiger partial charge is 0.416 e. The van der Waals surface area contributed by atoms with Crippen LogP contribution in [0.1, 0.15) is 22.3 Å². The first-order valence-corrected chi connectivity index (χ1v) is 14.1. The summed E-state index contributed by atoms with van der Waals surface area (Å²) < 4.78 is 43.2. The van der Waals surface area contributed by atoms with Gasteiger partial charge in [-0.25, -0.2) is 19.9 Å². The average molecular weight is 608 g/mol. The lowest BCUT2D eigenvalue weighted by Crippen LogP contribution is -2.05. The Morgan fingerprint density at radius 1 is 0.630 bits per heavy atom. The van der Waals surface area contributed by atoms with E-state index in [1.165, 1.54) is 30.9 Å². The van der Waals surface area contributed by atoms with E-state index >= 15 is 0 Å². The molecule has 0 spiro atoms. The van der Waals surface area contributed by atoms with Gasteiger partial charge in [-0.05, 0) is 66.1 Å². The molecule has 0 saturated carbocycles. The van der Waals surface area contributed by atoms with Gasteiger partial charge in [-0.2, -0.15) is 23.7 Å². The zero-order valence-corrected chi connectivity index (χ0v) is 24.1. The average Bonchev–Trinajstić information content (AvgIpc) is 3.41. The SMILES string of the molecule is Cc1cc(-c2ccc3c4ccccc4n(-c4ccc(-c5ncc(C#N)cn5)cc4-c4ncc(C#N)cn4)c3c2)cc(C(F)(F)F)c1. The van der Waals surface area contributed by atoms with Crippen LogP contribution in [0.15, 0.2) is 104 Å². The summed E-state index contributed by atoms with van der Waals surface area (Å²) >= 11 is 0. The molecule has 0 N–H and O–H groups in total. The summed E-state index contributed by atoms with van der Waals surface area (Å²) in [6, 6.07) is 27.2. The van der Waals surface area contributed by atoms with Gasteiger partial charge in [0.05, 0.1) is 33.4 Å². The van der Waals surface area contributed by atoms with Crippen LogP contribution in [0.3, 0.4) is 0 Å². The summed E-state index contributed by atoms with van der Waals surface area (Å²) in [5, 5.41) is 20.4. The highest BCUT2D eigenvalue weighted by atomic mass is 19.4. The first-order valence-electron chi connectivity index (χ1n) is 14.1. The van der Waals surface area contributed by atoms with Crippen molar-refractivity contribution in [3.8, 4) is 51.7 Å². The number of hydrogen-bond acceptors (Lipinski definition) is 6. The predicted molar refractivity (Wildman–Crippen MR) is 167 cm³/mol. The van der Waals surface area contributed by atoms with E-state index < -0.39 is 11.7 Å². The second kappa shape index (κ2) is 11.0. The van der Waals surface area contributed by atoms with E-state index in [0.29, 0.717) is 56.3 Å². The number of nitrogens with zero attached hydrogens (tertiary/aromatic N) is 7. The Morgan fingerprint density at radius 2 is 1.26 bits per heavy atom. The molecule has 0 aliphatic heterocycles. The van der Waals surface area contributed by atoms with Crippen LogP contribution in [0, 0.1) is 29.6 Å². The summed E-state index contributed by atoms with van der Waals surface area (Å²) in [5.41, 5.74) is 5.11. The van der Waals surface area contributed by atoms with E-state index in [1.807, 2.05) is 77.4 Å². The number of fused-ring (bicyclic) bond motifs is 3. The molecule has 0 unspecified atom stereocenters. The normalized spacial score (nSPS) is 11.4. The number of aryl methyl sites for hydroxylation is 1.